The SMILES string of the molecule is CCCCCNC(=O)C1COCC1N. The third-order valence-electron chi connectivity index (χ3n) is 2.54. The van der Waals surface area contributed by atoms with Crippen molar-refractivity contribution in [2.75, 3.05) is 19.8 Å². The predicted molar refractivity (Wildman–Crippen MR) is 54.8 cm³/mol. The van der Waals surface area contributed by atoms with Gasteiger partial charge < -0.3 is 15.8 Å². The lowest BCUT2D eigenvalue weighted by atomic mass is 10.0. The molecule has 1 aliphatic rings. The summed E-state index contributed by atoms with van der Waals surface area (Å²) in [5.74, 6) is -0.0947. The van der Waals surface area contributed by atoms with E-state index in [0.717, 1.165) is 19.4 Å². The number of amides is 1. The van der Waals surface area contributed by atoms with E-state index >= 15 is 0 Å². The zero-order valence-electron chi connectivity index (χ0n) is 8.79. The largest absolute Gasteiger partial charge is 0.379 e. The molecule has 0 aromatic carbocycles. The van der Waals surface area contributed by atoms with E-state index < -0.39 is 0 Å². The van der Waals surface area contributed by atoms with Gasteiger partial charge in [0, 0.05) is 12.6 Å². The van der Waals surface area contributed by atoms with E-state index in [2.05, 4.69) is 12.2 Å². The summed E-state index contributed by atoms with van der Waals surface area (Å²) < 4.78 is 5.13. The minimum absolute atomic E-state index is 0.0473. The average Bonchev–Trinajstić information content (AvgIpc) is 2.59. The van der Waals surface area contributed by atoms with Gasteiger partial charge in [-0.05, 0) is 6.42 Å². The lowest BCUT2D eigenvalue weighted by Gasteiger charge is -2.12. The standard InChI is InChI=1S/C10H20N2O2/c1-2-3-4-5-12-10(13)8-6-14-7-9(8)11/h8-9H,2-7,11H2,1H3,(H,12,13). The molecule has 2 atom stereocenters. The van der Waals surface area contributed by atoms with Crippen molar-refractivity contribution in [3.8, 4) is 0 Å². The van der Waals surface area contributed by atoms with Gasteiger partial charge in [-0.15, -0.1) is 0 Å². The molecule has 1 saturated heterocycles. The van der Waals surface area contributed by atoms with Crippen LogP contribution in [-0.2, 0) is 9.53 Å². The van der Waals surface area contributed by atoms with Gasteiger partial charge in [0.05, 0.1) is 19.1 Å². The first-order valence-corrected chi connectivity index (χ1v) is 5.36. The van der Waals surface area contributed by atoms with E-state index in [9.17, 15) is 4.79 Å². The van der Waals surface area contributed by atoms with Gasteiger partial charge in [0.1, 0.15) is 0 Å². The van der Waals surface area contributed by atoms with Crippen molar-refractivity contribution >= 4 is 5.91 Å². The lowest BCUT2D eigenvalue weighted by Crippen LogP contribution is -2.41. The van der Waals surface area contributed by atoms with Crippen LogP contribution < -0.4 is 11.1 Å². The minimum Gasteiger partial charge on any atom is -0.379 e. The van der Waals surface area contributed by atoms with Crippen molar-refractivity contribution in [1.82, 2.24) is 5.32 Å². The quantitative estimate of drug-likeness (QED) is 0.626. The third kappa shape index (κ3) is 3.27. The molecular formula is C10H20N2O2. The van der Waals surface area contributed by atoms with Crippen LogP contribution in [0.25, 0.3) is 0 Å². The molecule has 0 saturated carbocycles. The summed E-state index contributed by atoms with van der Waals surface area (Å²) in [5, 5.41) is 2.89. The third-order valence-corrected chi connectivity index (χ3v) is 2.54. The maximum atomic E-state index is 11.5. The molecule has 14 heavy (non-hydrogen) atoms. The fraction of sp³-hybridized carbons (Fsp3) is 0.900. The Kier molecular flexibility index (Phi) is 4.90. The molecule has 1 amide bonds. The first-order valence-electron chi connectivity index (χ1n) is 5.36. The Balaban J connectivity index is 2.14. The molecule has 3 N–H and O–H groups in total. The van der Waals surface area contributed by atoms with Crippen LogP contribution in [0.3, 0.4) is 0 Å². The van der Waals surface area contributed by atoms with Gasteiger partial charge in [-0.1, -0.05) is 19.8 Å². The summed E-state index contributed by atoms with van der Waals surface area (Å²) in [6.45, 7) is 3.88. The zero-order valence-corrected chi connectivity index (χ0v) is 8.79. The molecule has 4 nitrogen and oxygen atoms in total. The number of hydrogen-bond acceptors (Lipinski definition) is 3. The Bertz CT molecular complexity index is 185. The van der Waals surface area contributed by atoms with E-state index in [4.69, 9.17) is 10.5 Å². The first kappa shape index (κ1) is 11.5. The second-order valence-electron chi connectivity index (χ2n) is 3.81. The Hall–Kier alpha value is -0.610. The van der Waals surface area contributed by atoms with Crippen LogP contribution in [0, 0.1) is 5.92 Å². The van der Waals surface area contributed by atoms with Crippen molar-refractivity contribution in [3.63, 3.8) is 0 Å². The molecule has 0 radical (unpaired) electrons. The van der Waals surface area contributed by atoms with Crippen LogP contribution in [0.15, 0.2) is 0 Å². The van der Waals surface area contributed by atoms with Gasteiger partial charge in [0.15, 0.2) is 0 Å². The van der Waals surface area contributed by atoms with Gasteiger partial charge in [-0.25, -0.2) is 0 Å². The van der Waals surface area contributed by atoms with Crippen LogP contribution in [0.5, 0.6) is 0 Å². The summed E-state index contributed by atoms with van der Waals surface area (Å²) in [4.78, 5) is 11.5. The number of nitrogens with one attached hydrogen (secondary N) is 1. The zero-order chi connectivity index (χ0) is 10.4. The van der Waals surface area contributed by atoms with Gasteiger partial charge in [0.2, 0.25) is 5.91 Å². The van der Waals surface area contributed by atoms with Crippen molar-refractivity contribution in [3.05, 3.63) is 0 Å². The molecule has 82 valence electrons. The van der Waals surface area contributed by atoms with E-state index in [1.165, 1.54) is 6.42 Å². The molecule has 4 heteroatoms. The lowest BCUT2D eigenvalue weighted by molar-refractivity contribution is -0.125. The summed E-state index contributed by atoms with van der Waals surface area (Å²) in [6.07, 6.45) is 3.38. The van der Waals surface area contributed by atoms with Crippen LogP contribution in [0.2, 0.25) is 0 Å². The topological polar surface area (TPSA) is 64.3 Å². The van der Waals surface area contributed by atoms with Crippen molar-refractivity contribution in [1.29, 1.82) is 0 Å². The number of rotatable bonds is 5. The molecule has 0 aromatic rings. The molecule has 0 aliphatic carbocycles. The monoisotopic (exact) mass is 200 g/mol. The smallest absolute Gasteiger partial charge is 0.227 e. The number of ether oxygens (including phenoxy) is 1. The Morgan fingerprint density at radius 2 is 2.29 bits per heavy atom. The van der Waals surface area contributed by atoms with Crippen LogP contribution in [-0.4, -0.2) is 31.7 Å². The normalized spacial score (nSPS) is 26.4. The number of carbonyl (C=O) groups excluding carboxylic acids is 1. The molecule has 1 aliphatic heterocycles. The average molecular weight is 200 g/mol. The van der Waals surface area contributed by atoms with Crippen LogP contribution in [0.4, 0.5) is 0 Å². The fourth-order valence-corrected chi connectivity index (χ4v) is 1.56. The summed E-state index contributed by atoms with van der Waals surface area (Å²) in [5.41, 5.74) is 5.72. The summed E-state index contributed by atoms with van der Waals surface area (Å²) in [7, 11) is 0. The van der Waals surface area contributed by atoms with Crippen LogP contribution in [0.1, 0.15) is 26.2 Å². The Labute approximate surface area is 85.2 Å². The fourth-order valence-electron chi connectivity index (χ4n) is 1.56. The summed E-state index contributed by atoms with van der Waals surface area (Å²) in [6, 6.07) is -0.124. The molecular weight excluding hydrogens is 180 g/mol. The second kappa shape index (κ2) is 5.98. The Morgan fingerprint density at radius 3 is 2.86 bits per heavy atom. The highest BCUT2D eigenvalue weighted by Crippen LogP contribution is 2.11. The van der Waals surface area contributed by atoms with Crippen LogP contribution >= 0.6 is 0 Å². The second-order valence-corrected chi connectivity index (χ2v) is 3.81. The number of nitrogens with two attached hydrogens (primary N) is 1. The highest BCUT2D eigenvalue weighted by Gasteiger charge is 2.30. The first-order chi connectivity index (χ1) is 6.75. The van der Waals surface area contributed by atoms with Gasteiger partial charge in [0.25, 0.3) is 0 Å². The highest BCUT2D eigenvalue weighted by molar-refractivity contribution is 5.79. The number of hydrogen-bond donors (Lipinski definition) is 2. The van der Waals surface area contributed by atoms with Gasteiger partial charge >= 0.3 is 0 Å². The van der Waals surface area contributed by atoms with E-state index in [0.29, 0.717) is 13.2 Å². The van der Waals surface area contributed by atoms with Crippen molar-refractivity contribution in [2.24, 2.45) is 11.7 Å². The molecule has 0 bridgehead atoms. The van der Waals surface area contributed by atoms with Crippen molar-refractivity contribution < 1.29 is 9.53 Å². The molecule has 2 unspecified atom stereocenters. The van der Waals surface area contributed by atoms with Crippen molar-refractivity contribution in [2.45, 2.75) is 32.2 Å². The molecule has 1 heterocycles. The highest BCUT2D eigenvalue weighted by atomic mass is 16.5. The molecule has 1 rings (SSSR count). The number of carbonyl (C=O) groups is 1. The van der Waals surface area contributed by atoms with E-state index in [1.807, 2.05) is 0 Å². The van der Waals surface area contributed by atoms with Gasteiger partial charge in [-0.3, -0.25) is 4.79 Å². The van der Waals surface area contributed by atoms with Gasteiger partial charge in [-0.2, -0.15) is 0 Å². The predicted octanol–water partition coefficient (Wildman–Crippen LogP) is 0.267. The molecule has 1 fully saturated rings. The number of unbranched alkanes of at least 4 members (excludes halogenated alkanes) is 2. The summed E-state index contributed by atoms with van der Waals surface area (Å²) >= 11 is 0. The molecule has 0 aromatic heterocycles. The minimum atomic E-state index is -0.142. The maximum Gasteiger partial charge on any atom is 0.227 e. The Morgan fingerprint density at radius 1 is 1.50 bits per heavy atom. The van der Waals surface area contributed by atoms with E-state index in [-0.39, 0.29) is 17.9 Å². The molecule has 0 spiro atoms. The van der Waals surface area contributed by atoms with E-state index in [1.54, 1.807) is 0 Å². The maximum absolute atomic E-state index is 11.5.